The zero-order valence-corrected chi connectivity index (χ0v) is 16.9. The second-order valence-corrected chi connectivity index (χ2v) is 7.62. The first kappa shape index (κ1) is 20.7. The third-order valence-corrected chi connectivity index (χ3v) is 5.73. The number of rotatable bonds is 7. The molecule has 152 valence electrons. The van der Waals surface area contributed by atoms with Crippen LogP contribution in [0.15, 0.2) is 47.4 Å². The Hall–Kier alpha value is -3.00. The summed E-state index contributed by atoms with van der Waals surface area (Å²) in [7, 11) is 1.59. The van der Waals surface area contributed by atoms with Gasteiger partial charge in [0.05, 0.1) is 30.2 Å². The van der Waals surface area contributed by atoms with Crippen LogP contribution < -0.4 is 9.64 Å². The Bertz CT molecular complexity index is 927. The first-order valence-corrected chi connectivity index (χ1v) is 9.94. The quantitative estimate of drug-likeness (QED) is 0.695. The molecule has 0 spiro atoms. The lowest BCUT2D eigenvalue weighted by molar-refractivity contribution is -0.142. The molecule has 0 fully saturated rings. The molecule has 0 saturated heterocycles. The third-order valence-electron chi connectivity index (χ3n) is 4.48. The third kappa shape index (κ3) is 4.71. The van der Waals surface area contributed by atoms with Crippen molar-refractivity contribution in [1.82, 2.24) is 0 Å². The predicted molar refractivity (Wildman–Crippen MR) is 109 cm³/mol. The number of methoxy groups -OCH3 is 1. The predicted octanol–water partition coefficient (Wildman–Crippen LogP) is 3.01. The van der Waals surface area contributed by atoms with Gasteiger partial charge < -0.3 is 14.6 Å². The molecule has 0 aliphatic carbocycles. The number of carbonyl (C=O) groups excluding carboxylic acids is 2. The van der Waals surface area contributed by atoms with E-state index in [-0.39, 0.29) is 24.6 Å². The van der Waals surface area contributed by atoms with Gasteiger partial charge in [-0.05, 0) is 49.2 Å². The molecule has 8 heteroatoms. The topological polar surface area (TPSA) is 93.1 Å². The average molecular weight is 415 g/mol. The van der Waals surface area contributed by atoms with Crippen LogP contribution in [0.2, 0.25) is 0 Å². The van der Waals surface area contributed by atoms with E-state index in [9.17, 15) is 19.5 Å². The lowest BCUT2D eigenvalue weighted by atomic mass is 10.1. The molecule has 0 saturated carbocycles. The second kappa shape index (κ2) is 9.00. The number of carbonyl (C=O) groups is 3. The second-order valence-electron chi connectivity index (χ2n) is 6.38. The van der Waals surface area contributed by atoms with Crippen LogP contribution in [-0.4, -0.2) is 48.5 Å². The van der Waals surface area contributed by atoms with Crippen molar-refractivity contribution in [2.45, 2.75) is 23.5 Å². The highest BCUT2D eigenvalue weighted by Gasteiger charge is 2.35. The van der Waals surface area contributed by atoms with Crippen molar-refractivity contribution < 1.29 is 29.0 Å². The van der Waals surface area contributed by atoms with Gasteiger partial charge in [0, 0.05) is 4.90 Å². The Morgan fingerprint density at radius 2 is 1.90 bits per heavy atom. The number of amides is 1. The normalized spacial score (nSPS) is 15.6. The molecular formula is C21H21NO6S. The summed E-state index contributed by atoms with van der Waals surface area (Å²) in [5.74, 6) is -1.16. The van der Waals surface area contributed by atoms with E-state index in [2.05, 4.69) is 0 Å². The van der Waals surface area contributed by atoms with Gasteiger partial charge >= 0.3 is 11.9 Å². The van der Waals surface area contributed by atoms with E-state index in [0.29, 0.717) is 12.1 Å². The van der Waals surface area contributed by atoms with E-state index in [1.165, 1.54) is 28.8 Å². The number of hydrogen-bond acceptors (Lipinski definition) is 6. The van der Waals surface area contributed by atoms with E-state index in [1.807, 2.05) is 24.3 Å². The number of carboxylic acid groups (broad SMARTS) is 1. The van der Waals surface area contributed by atoms with Gasteiger partial charge in [0.15, 0.2) is 0 Å². The molecule has 1 aliphatic heterocycles. The number of benzene rings is 2. The zero-order chi connectivity index (χ0) is 21.0. The summed E-state index contributed by atoms with van der Waals surface area (Å²) in [6.45, 7) is 1.63. The summed E-state index contributed by atoms with van der Waals surface area (Å²) >= 11 is 1.37. The zero-order valence-electron chi connectivity index (χ0n) is 16.1. The maximum absolute atomic E-state index is 13.2. The fourth-order valence-electron chi connectivity index (χ4n) is 3.06. The molecule has 0 bridgehead atoms. The van der Waals surface area contributed by atoms with Crippen LogP contribution >= 0.6 is 11.8 Å². The van der Waals surface area contributed by atoms with Gasteiger partial charge in [-0.15, -0.1) is 11.8 Å². The van der Waals surface area contributed by atoms with Crippen LogP contribution in [0.4, 0.5) is 5.69 Å². The van der Waals surface area contributed by atoms with Crippen LogP contribution in [0.3, 0.4) is 0 Å². The number of ether oxygens (including phenoxy) is 2. The van der Waals surface area contributed by atoms with Crippen LogP contribution in [0.25, 0.3) is 0 Å². The number of carboxylic acids is 1. The number of hydrogen-bond donors (Lipinski definition) is 1. The van der Waals surface area contributed by atoms with Gasteiger partial charge in [-0.25, -0.2) is 4.79 Å². The molecule has 1 atom stereocenters. The Morgan fingerprint density at radius 3 is 2.52 bits per heavy atom. The van der Waals surface area contributed by atoms with Gasteiger partial charge in [0.25, 0.3) is 0 Å². The summed E-state index contributed by atoms with van der Waals surface area (Å²) in [6, 6.07) is 12.0. The molecule has 0 aromatic heterocycles. The Balaban J connectivity index is 1.91. The molecule has 0 radical (unpaired) electrons. The van der Waals surface area contributed by atoms with Crippen LogP contribution in [0.1, 0.15) is 22.8 Å². The monoisotopic (exact) mass is 415 g/mol. The highest BCUT2D eigenvalue weighted by Crippen LogP contribution is 2.41. The van der Waals surface area contributed by atoms with E-state index < -0.39 is 17.2 Å². The highest BCUT2D eigenvalue weighted by atomic mass is 32.2. The van der Waals surface area contributed by atoms with Crippen LogP contribution in [0, 0.1) is 0 Å². The molecule has 1 unspecified atom stereocenters. The van der Waals surface area contributed by atoms with Gasteiger partial charge in [-0.2, -0.15) is 0 Å². The Labute approximate surface area is 172 Å². The van der Waals surface area contributed by atoms with Crippen molar-refractivity contribution in [3.63, 3.8) is 0 Å². The number of fused-ring (bicyclic) bond motifs is 1. The molecule has 1 N–H and O–H groups in total. The van der Waals surface area contributed by atoms with Crippen molar-refractivity contribution in [1.29, 1.82) is 0 Å². The largest absolute Gasteiger partial charge is 0.497 e. The van der Waals surface area contributed by atoms with Crippen molar-refractivity contribution in [3.05, 3.63) is 53.6 Å². The maximum Gasteiger partial charge on any atom is 0.335 e. The van der Waals surface area contributed by atoms with Crippen LogP contribution in [0.5, 0.6) is 5.75 Å². The summed E-state index contributed by atoms with van der Waals surface area (Å²) in [5, 5.41) is 8.84. The van der Waals surface area contributed by atoms with E-state index in [1.54, 1.807) is 20.1 Å². The fraction of sp³-hybridized carbons (Fsp3) is 0.286. The van der Waals surface area contributed by atoms with Crippen LogP contribution in [-0.2, 0) is 20.7 Å². The molecule has 3 rings (SSSR count). The van der Waals surface area contributed by atoms with Gasteiger partial charge in [-0.3, -0.25) is 14.5 Å². The van der Waals surface area contributed by atoms with E-state index >= 15 is 0 Å². The highest BCUT2D eigenvalue weighted by molar-refractivity contribution is 8.01. The first-order valence-electron chi connectivity index (χ1n) is 9.06. The maximum atomic E-state index is 13.2. The smallest absolute Gasteiger partial charge is 0.335 e. The number of nitrogens with zero attached hydrogens (tertiary/aromatic N) is 1. The van der Waals surface area contributed by atoms with E-state index in [4.69, 9.17) is 9.47 Å². The average Bonchev–Trinajstić information content (AvgIpc) is 2.71. The Kier molecular flexibility index (Phi) is 6.43. The molecule has 1 aliphatic rings. The summed E-state index contributed by atoms with van der Waals surface area (Å²) in [6.07, 6.45) is 0.465. The van der Waals surface area contributed by atoms with Crippen molar-refractivity contribution >= 4 is 35.3 Å². The standard InChI is InChI=1S/C21H21NO6S/c1-3-28-19(23)12-22-16-11-14(21(25)26)6-9-17(16)29-18(20(22)24)10-13-4-7-15(27-2)8-5-13/h4-9,11,18H,3,10,12H2,1-2H3,(H,25,26). The molecule has 2 aromatic rings. The van der Waals surface area contributed by atoms with E-state index in [0.717, 1.165) is 16.2 Å². The molecule has 7 nitrogen and oxygen atoms in total. The fourth-order valence-corrected chi connectivity index (χ4v) is 4.31. The minimum Gasteiger partial charge on any atom is -0.497 e. The Morgan fingerprint density at radius 1 is 1.17 bits per heavy atom. The SMILES string of the molecule is CCOC(=O)CN1C(=O)C(Cc2ccc(OC)cc2)Sc2ccc(C(=O)O)cc21. The minimum atomic E-state index is -1.10. The lowest BCUT2D eigenvalue weighted by Gasteiger charge is -2.33. The first-order chi connectivity index (χ1) is 13.9. The van der Waals surface area contributed by atoms with Gasteiger partial charge in [0.1, 0.15) is 12.3 Å². The van der Waals surface area contributed by atoms with Crippen molar-refractivity contribution in [2.24, 2.45) is 0 Å². The number of aromatic carboxylic acids is 1. The molecule has 29 heavy (non-hydrogen) atoms. The molecule has 1 heterocycles. The lowest BCUT2D eigenvalue weighted by Crippen LogP contribution is -2.45. The molecule has 2 aromatic carbocycles. The number of thioether (sulfide) groups is 1. The minimum absolute atomic E-state index is 0.0552. The van der Waals surface area contributed by atoms with Crippen molar-refractivity contribution in [3.8, 4) is 5.75 Å². The molecular weight excluding hydrogens is 394 g/mol. The summed E-state index contributed by atoms with van der Waals surface area (Å²) in [4.78, 5) is 38.6. The van der Waals surface area contributed by atoms with Gasteiger partial charge in [0.2, 0.25) is 5.91 Å². The number of anilines is 1. The summed E-state index contributed by atoms with van der Waals surface area (Å²) in [5.41, 5.74) is 1.43. The van der Waals surface area contributed by atoms with Gasteiger partial charge in [-0.1, -0.05) is 12.1 Å². The number of esters is 1. The summed E-state index contributed by atoms with van der Waals surface area (Å²) < 4.78 is 10.2. The van der Waals surface area contributed by atoms with Crippen molar-refractivity contribution in [2.75, 3.05) is 25.2 Å². The molecule has 1 amide bonds.